The Kier molecular flexibility index (Phi) is 4.68. The second-order valence-electron chi connectivity index (χ2n) is 6.02. The number of hydrogen-bond donors (Lipinski definition) is 1. The first-order valence-corrected chi connectivity index (χ1v) is 9.30. The molecule has 1 unspecified atom stereocenters. The quantitative estimate of drug-likeness (QED) is 0.841. The van der Waals surface area contributed by atoms with E-state index in [1.54, 1.807) is 42.7 Å². The topological polar surface area (TPSA) is 54.4 Å². The molecule has 0 saturated heterocycles. The van der Waals surface area contributed by atoms with E-state index in [1.165, 1.54) is 12.1 Å². The van der Waals surface area contributed by atoms with Gasteiger partial charge in [0.25, 0.3) is 0 Å². The van der Waals surface area contributed by atoms with Crippen molar-refractivity contribution in [1.29, 1.82) is 0 Å². The summed E-state index contributed by atoms with van der Waals surface area (Å²) in [6, 6.07) is 11.4. The Morgan fingerprint density at radius 3 is 2.48 bits per heavy atom. The third kappa shape index (κ3) is 3.46. The maximum atomic E-state index is 13.7. The van der Waals surface area contributed by atoms with Gasteiger partial charge in [0, 0.05) is 22.0 Å². The predicted molar refractivity (Wildman–Crippen MR) is 97.1 cm³/mol. The molecule has 3 nitrogen and oxygen atoms in total. The Morgan fingerprint density at radius 1 is 1.20 bits per heavy atom. The average Bonchev–Trinajstić information content (AvgIpc) is 2.88. The van der Waals surface area contributed by atoms with Crippen molar-refractivity contribution in [3.05, 3.63) is 76.1 Å². The number of halogens is 1. The lowest BCUT2D eigenvalue weighted by molar-refractivity contribution is -0.132. The summed E-state index contributed by atoms with van der Waals surface area (Å²) in [7, 11) is -1.09. The lowest BCUT2D eigenvalue weighted by Gasteiger charge is -2.09. The molecule has 3 rings (SSSR count). The van der Waals surface area contributed by atoms with Crippen LogP contribution in [0.3, 0.4) is 0 Å². The van der Waals surface area contributed by atoms with Crippen molar-refractivity contribution in [3.8, 4) is 0 Å². The van der Waals surface area contributed by atoms with E-state index in [1.807, 2.05) is 6.92 Å². The minimum atomic E-state index is -1.09. The lowest BCUT2D eigenvalue weighted by Crippen LogP contribution is -2.03. The van der Waals surface area contributed by atoms with Gasteiger partial charge in [-0.15, -0.1) is 0 Å². The van der Waals surface area contributed by atoms with Gasteiger partial charge < -0.3 is 5.11 Å². The zero-order valence-electron chi connectivity index (χ0n) is 13.9. The molecule has 2 aromatic carbocycles. The maximum absolute atomic E-state index is 13.7. The van der Waals surface area contributed by atoms with E-state index in [0.29, 0.717) is 28.0 Å². The monoisotopic (exact) mass is 356 g/mol. The second-order valence-corrected chi connectivity index (χ2v) is 7.40. The third-order valence-corrected chi connectivity index (χ3v) is 5.18. The first-order valence-electron chi connectivity index (χ1n) is 7.74. The largest absolute Gasteiger partial charge is 0.478 e. The average molecular weight is 356 g/mol. The molecule has 5 heteroatoms. The van der Waals surface area contributed by atoms with Crippen LogP contribution in [-0.2, 0) is 22.0 Å². The van der Waals surface area contributed by atoms with Gasteiger partial charge in [-0.25, -0.2) is 9.18 Å². The number of benzene rings is 2. The smallest absolute Gasteiger partial charge is 0.336 e. The summed E-state index contributed by atoms with van der Waals surface area (Å²) in [5.74, 6) is -1.44. The molecule has 1 aliphatic carbocycles. The molecule has 0 heterocycles. The maximum Gasteiger partial charge on any atom is 0.336 e. The van der Waals surface area contributed by atoms with Crippen LogP contribution in [-0.4, -0.2) is 21.5 Å². The van der Waals surface area contributed by atoms with Gasteiger partial charge in [-0.2, -0.15) is 0 Å². The highest BCUT2D eigenvalue weighted by atomic mass is 32.2. The summed E-state index contributed by atoms with van der Waals surface area (Å²) in [6.45, 7) is 1.87. The van der Waals surface area contributed by atoms with Crippen LogP contribution in [0.5, 0.6) is 0 Å². The minimum Gasteiger partial charge on any atom is -0.478 e. The Bertz CT molecular complexity index is 940. The normalized spacial score (nSPS) is 15.2. The van der Waals surface area contributed by atoms with Gasteiger partial charge in [-0.3, -0.25) is 4.21 Å². The molecule has 0 amide bonds. The summed E-state index contributed by atoms with van der Waals surface area (Å²) in [6.07, 6.45) is 3.78. The van der Waals surface area contributed by atoms with E-state index in [2.05, 4.69) is 0 Å². The van der Waals surface area contributed by atoms with E-state index < -0.39 is 16.8 Å². The third-order valence-electron chi connectivity index (χ3n) is 4.25. The molecule has 0 bridgehead atoms. The van der Waals surface area contributed by atoms with E-state index in [0.717, 1.165) is 11.1 Å². The first-order chi connectivity index (χ1) is 11.9. The van der Waals surface area contributed by atoms with E-state index in [4.69, 9.17) is 0 Å². The van der Waals surface area contributed by atoms with Crippen LogP contribution >= 0.6 is 0 Å². The highest BCUT2D eigenvalue weighted by molar-refractivity contribution is 7.84. The molecule has 0 aliphatic heterocycles. The number of aliphatic carboxylic acids is 1. The first kappa shape index (κ1) is 17.3. The Morgan fingerprint density at radius 2 is 1.88 bits per heavy atom. The van der Waals surface area contributed by atoms with Crippen molar-refractivity contribution >= 4 is 28.4 Å². The highest BCUT2D eigenvalue weighted by Gasteiger charge is 2.25. The summed E-state index contributed by atoms with van der Waals surface area (Å²) in [5, 5.41) is 9.71. The molecule has 25 heavy (non-hydrogen) atoms. The van der Waals surface area contributed by atoms with Crippen LogP contribution in [0.1, 0.15) is 23.6 Å². The van der Waals surface area contributed by atoms with Crippen LogP contribution in [0, 0.1) is 5.82 Å². The van der Waals surface area contributed by atoms with Crippen molar-refractivity contribution < 1.29 is 18.5 Å². The zero-order chi connectivity index (χ0) is 18.1. The number of carboxylic acids is 1. The standard InChI is InChI=1S/C20H17FO3S/c1-12-9-14-5-6-15(21)11-17(14)19(12)18(20(22)23)10-13-3-7-16(8-4-13)25(2)24/h3-8,10-11H,9H2,1-2H3,(H,22,23). The molecule has 0 spiro atoms. The number of fused-ring (bicyclic) bond motifs is 1. The van der Waals surface area contributed by atoms with E-state index >= 15 is 0 Å². The molecule has 0 saturated carbocycles. The van der Waals surface area contributed by atoms with Gasteiger partial charge in [0.1, 0.15) is 5.82 Å². The SMILES string of the molecule is CC1=C(C(=Cc2ccc(S(C)=O)cc2)C(=O)O)c2cc(F)ccc2C1. The van der Waals surface area contributed by atoms with Crippen molar-refractivity contribution in [2.24, 2.45) is 0 Å². The van der Waals surface area contributed by atoms with Crippen LogP contribution in [0.15, 0.2) is 58.5 Å². The van der Waals surface area contributed by atoms with Crippen LogP contribution in [0.4, 0.5) is 4.39 Å². The molecule has 1 aliphatic rings. The van der Waals surface area contributed by atoms with Crippen molar-refractivity contribution in [3.63, 3.8) is 0 Å². The summed E-state index contributed by atoms with van der Waals surface area (Å²) in [4.78, 5) is 12.5. The van der Waals surface area contributed by atoms with Crippen LogP contribution < -0.4 is 0 Å². The molecule has 2 aromatic rings. The fourth-order valence-electron chi connectivity index (χ4n) is 3.08. The number of carboxylic acid groups (broad SMARTS) is 1. The van der Waals surface area contributed by atoms with Crippen LogP contribution in [0.25, 0.3) is 11.6 Å². The lowest BCUT2D eigenvalue weighted by atomic mass is 9.95. The number of rotatable bonds is 4. The molecule has 0 radical (unpaired) electrons. The summed E-state index contributed by atoms with van der Waals surface area (Å²) in [5.41, 5.74) is 3.87. The fourth-order valence-corrected chi connectivity index (χ4v) is 3.60. The minimum absolute atomic E-state index is 0.132. The Labute approximate surface area is 148 Å². The van der Waals surface area contributed by atoms with Crippen molar-refractivity contribution in [1.82, 2.24) is 0 Å². The second kappa shape index (κ2) is 6.76. The van der Waals surface area contributed by atoms with Gasteiger partial charge >= 0.3 is 5.97 Å². The molecule has 128 valence electrons. The van der Waals surface area contributed by atoms with E-state index in [-0.39, 0.29) is 11.4 Å². The Balaban J connectivity index is 2.08. The predicted octanol–water partition coefficient (Wildman–Crippen LogP) is 4.06. The van der Waals surface area contributed by atoms with Crippen molar-refractivity contribution in [2.45, 2.75) is 18.2 Å². The summed E-state index contributed by atoms with van der Waals surface area (Å²) >= 11 is 0. The van der Waals surface area contributed by atoms with Gasteiger partial charge in [0.2, 0.25) is 0 Å². The van der Waals surface area contributed by atoms with E-state index in [9.17, 15) is 18.5 Å². The van der Waals surface area contributed by atoms with Gasteiger partial charge in [-0.1, -0.05) is 23.8 Å². The molecule has 1 N–H and O–H groups in total. The summed E-state index contributed by atoms with van der Waals surface area (Å²) < 4.78 is 25.1. The van der Waals surface area contributed by atoms with Crippen molar-refractivity contribution in [2.75, 3.05) is 6.26 Å². The molecular formula is C20H17FO3S. The van der Waals surface area contributed by atoms with Gasteiger partial charge in [0.05, 0.1) is 5.57 Å². The number of hydrogen-bond acceptors (Lipinski definition) is 2. The highest BCUT2D eigenvalue weighted by Crippen LogP contribution is 2.38. The molecule has 1 atom stereocenters. The molecular weight excluding hydrogens is 339 g/mol. The fraction of sp³-hybridized carbons (Fsp3) is 0.150. The van der Waals surface area contributed by atoms with Gasteiger partial charge in [-0.05, 0) is 65.9 Å². The van der Waals surface area contributed by atoms with Crippen LogP contribution in [0.2, 0.25) is 0 Å². The number of carbonyl (C=O) groups is 1. The van der Waals surface area contributed by atoms with Gasteiger partial charge in [0.15, 0.2) is 0 Å². The zero-order valence-corrected chi connectivity index (χ0v) is 14.7. The molecule has 0 aromatic heterocycles. The molecule has 0 fully saturated rings. The Hall–Kier alpha value is -2.53. The number of allylic oxidation sites excluding steroid dienone is 1.